The van der Waals surface area contributed by atoms with Crippen molar-refractivity contribution in [1.29, 1.82) is 0 Å². The molecular weight excluding hydrogens is 190 g/mol. The molecule has 4 heteroatoms. The lowest BCUT2D eigenvalue weighted by molar-refractivity contribution is -0.0501. The normalized spacial score (nSPS) is 26.4. The average Bonchev–Trinajstić information content (AvgIpc) is 2.18. The number of hydrogen-bond donors (Lipinski definition) is 1. The highest BCUT2D eigenvalue weighted by molar-refractivity contribution is 6.25. The molecule has 1 aliphatic rings. The number of halogens is 1. The van der Waals surface area contributed by atoms with Gasteiger partial charge in [-0.2, -0.15) is 0 Å². The maximum Gasteiger partial charge on any atom is 0.0932 e. The van der Waals surface area contributed by atoms with E-state index in [0.29, 0.717) is 6.61 Å². The number of aliphatic hydroxyl groups is 1. The first-order chi connectivity index (χ1) is 6.26. The summed E-state index contributed by atoms with van der Waals surface area (Å²) in [6, 6.07) is 0. The second kappa shape index (κ2) is 5.60. The lowest BCUT2D eigenvalue weighted by Gasteiger charge is -2.31. The first kappa shape index (κ1) is 11.0. The van der Waals surface area contributed by atoms with Crippen LogP contribution in [-0.2, 0) is 4.74 Å². The molecule has 0 aromatic carbocycles. The Morgan fingerprint density at radius 3 is 3.15 bits per heavy atom. The molecule has 0 aromatic rings. The number of morpholine rings is 1. The van der Waals surface area contributed by atoms with Crippen LogP contribution in [0.5, 0.6) is 0 Å². The van der Waals surface area contributed by atoms with Gasteiger partial charge in [-0.1, -0.05) is 11.6 Å². The number of ether oxygens (including phenoxy) is 1. The van der Waals surface area contributed by atoms with Gasteiger partial charge in [0.1, 0.15) is 0 Å². The minimum absolute atomic E-state index is 0.0307. The Kier molecular flexibility index (Phi) is 4.73. The molecule has 1 aliphatic heterocycles. The van der Waals surface area contributed by atoms with Gasteiger partial charge in [-0.05, 0) is 12.5 Å². The third kappa shape index (κ3) is 3.65. The van der Waals surface area contributed by atoms with Gasteiger partial charge in [-0.3, -0.25) is 4.90 Å². The van der Waals surface area contributed by atoms with E-state index in [2.05, 4.69) is 4.90 Å². The molecule has 0 radical (unpaired) electrons. The van der Waals surface area contributed by atoms with Crippen molar-refractivity contribution in [3.63, 3.8) is 0 Å². The third-order valence-electron chi connectivity index (χ3n) is 2.09. The molecule has 1 atom stereocenters. The van der Waals surface area contributed by atoms with Crippen LogP contribution in [0.4, 0.5) is 0 Å². The van der Waals surface area contributed by atoms with Gasteiger partial charge in [0, 0.05) is 25.2 Å². The molecule has 0 bridgehead atoms. The first-order valence-electron chi connectivity index (χ1n) is 4.47. The minimum atomic E-state index is -0.0307. The van der Waals surface area contributed by atoms with Gasteiger partial charge in [0.05, 0.1) is 19.3 Å². The molecule has 0 aromatic heterocycles. The summed E-state index contributed by atoms with van der Waals surface area (Å²) < 4.78 is 5.33. The van der Waals surface area contributed by atoms with Crippen molar-refractivity contribution in [3.8, 4) is 0 Å². The summed E-state index contributed by atoms with van der Waals surface area (Å²) in [5.41, 5.74) is 2.74. The molecule has 3 nitrogen and oxygen atoms in total. The molecule has 1 saturated heterocycles. The Morgan fingerprint density at radius 2 is 2.54 bits per heavy atom. The van der Waals surface area contributed by atoms with Gasteiger partial charge in [0.15, 0.2) is 0 Å². The zero-order valence-electron chi connectivity index (χ0n) is 7.87. The Bertz CT molecular complexity index is 184. The first-order valence-corrected chi connectivity index (χ1v) is 4.90. The maximum absolute atomic E-state index is 8.91. The van der Waals surface area contributed by atoms with Crippen molar-refractivity contribution in [2.45, 2.75) is 13.0 Å². The topological polar surface area (TPSA) is 32.7 Å². The molecule has 0 spiro atoms. The average molecular weight is 206 g/mol. The summed E-state index contributed by atoms with van der Waals surface area (Å²) >= 11 is 5.57. The molecule has 76 valence electrons. The molecule has 1 N–H and O–H groups in total. The summed E-state index contributed by atoms with van der Waals surface area (Å²) in [7, 11) is 0. The predicted molar refractivity (Wildman–Crippen MR) is 52.9 cm³/mol. The molecule has 0 amide bonds. The summed E-state index contributed by atoms with van der Waals surface area (Å²) in [6.45, 7) is 5.36. The quantitative estimate of drug-likeness (QED) is 0.741. The van der Waals surface area contributed by atoms with E-state index in [-0.39, 0.29) is 12.7 Å². The Morgan fingerprint density at radius 1 is 1.77 bits per heavy atom. The van der Waals surface area contributed by atoms with Crippen LogP contribution in [0.25, 0.3) is 0 Å². The number of rotatable bonds is 3. The maximum atomic E-state index is 8.91. The zero-order chi connectivity index (χ0) is 9.68. The molecule has 1 fully saturated rings. The van der Waals surface area contributed by atoms with Crippen molar-refractivity contribution in [1.82, 2.24) is 4.90 Å². The highest BCUT2D eigenvalue weighted by atomic mass is 35.5. The van der Waals surface area contributed by atoms with Crippen LogP contribution in [0.15, 0.2) is 11.1 Å². The molecule has 1 heterocycles. The van der Waals surface area contributed by atoms with Crippen LogP contribution in [0.3, 0.4) is 0 Å². The van der Waals surface area contributed by atoms with E-state index in [1.165, 1.54) is 0 Å². The Balaban J connectivity index is 2.34. The highest BCUT2D eigenvalue weighted by Crippen LogP contribution is 2.07. The van der Waals surface area contributed by atoms with Gasteiger partial charge in [-0.25, -0.2) is 0 Å². The van der Waals surface area contributed by atoms with Crippen molar-refractivity contribution < 1.29 is 9.84 Å². The third-order valence-corrected chi connectivity index (χ3v) is 2.46. The molecule has 13 heavy (non-hydrogen) atoms. The van der Waals surface area contributed by atoms with E-state index in [4.69, 9.17) is 21.4 Å². The van der Waals surface area contributed by atoms with Crippen LogP contribution < -0.4 is 0 Å². The SMILES string of the molecule is CC(=CCl)CN1CCOC(CO)C1. The summed E-state index contributed by atoms with van der Waals surface area (Å²) in [4.78, 5) is 2.23. The van der Waals surface area contributed by atoms with Gasteiger partial charge in [0.25, 0.3) is 0 Å². The Hall–Kier alpha value is -0.0900. The second-order valence-electron chi connectivity index (χ2n) is 3.37. The fourth-order valence-corrected chi connectivity index (χ4v) is 1.49. The van der Waals surface area contributed by atoms with Gasteiger partial charge in [0.2, 0.25) is 0 Å². The fraction of sp³-hybridized carbons (Fsp3) is 0.778. The predicted octanol–water partition coefficient (Wildman–Crippen LogP) is 0.822. The standard InChI is InChI=1S/C9H16ClNO2/c1-8(4-10)5-11-2-3-13-9(6-11)7-12/h4,9,12H,2-3,5-7H2,1H3. The number of hydrogen-bond acceptors (Lipinski definition) is 3. The molecular formula is C9H16ClNO2. The number of nitrogens with zero attached hydrogens (tertiary/aromatic N) is 1. The van der Waals surface area contributed by atoms with E-state index in [1.54, 1.807) is 5.54 Å². The lowest BCUT2D eigenvalue weighted by Crippen LogP contribution is -2.44. The fourth-order valence-electron chi connectivity index (χ4n) is 1.42. The smallest absolute Gasteiger partial charge is 0.0932 e. The Labute approximate surface area is 83.9 Å². The van der Waals surface area contributed by atoms with E-state index in [9.17, 15) is 0 Å². The minimum Gasteiger partial charge on any atom is -0.394 e. The van der Waals surface area contributed by atoms with Crippen LogP contribution in [0, 0.1) is 0 Å². The molecule has 0 aliphatic carbocycles. The second-order valence-corrected chi connectivity index (χ2v) is 3.58. The van der Waals surface area contributed by atoms with Crippen LogP contribution in [0.1, 0.15) is 6.92 Å². The molecule has 1 unspecified atom stereocenters. The summed E-state index contributed by atoms with van der Waals surface area (Å²) in [5, 5.41) is 8.91. The van der Waals surface area contributed by atoms with Gasteiger partial charge >= 0.3 is 0 Å². The van der Waals surface area contributed by atoms with Crippen molar-refractivity contribution >= 4 is 11.6 Å². The number of aliphatic hydroxyl groups excluding tert-OH is 1. The summed E-state index contributed by atoms with van der Waals surface area (Å²) in [5.74, 6) is 0. The van der Waals surface area contributed by atoms with Crippen LogP contribution >= 0.6 is 11.6 Å². The van der Waals surface area contributed by atoms with E-state index >= 15 is 0 Å². The van der Waals surface area contributed by atoms with Gasteiger partial charge < -0.3 is 9.84 Å². The van der Waals surface area contributed by atoms with Crippen LogP contribution in [-0.4, -0.2) is 49.0 Å². The monoisotopic (exact) mass is 205 g/mol. The highest BCUT2D eigenvalue weighted by Gasteiger charge is 2.19. The van der Waals surface area contributed by atoms with Crippen molar-refractivity contribution in [2.24, 2.45) is 0 Å². The van der Waals surface area contributed by atoms with E-state index < -0.39 is 0 Å². The van der Waals surface area contributed by atoms with Crippen molar-refractivity contribution in [2.75, 3.05) is 32.8 Å². The molecule has 1 rings (SSSR count). The van der Waals surface area contributed by atoms with E-state index in [0.717, 1.165) is 25.2 Å². The lowest BCUT2D eigenvalue weighted by atomic mass is 10.2. The zero-order valence-corrected chi connectivity index (χ0v) is 8.63. The van der Waals surface area contributed by atoms with E-state index in [1.807, 2.05) is 6.92 Å². The van der Waals surface area contributed by atoms with Crippen molar-refractivity contribution in [3.05, 3.63) is 11.1 Å². The largest absolute Gasteiger partial charge is 0.394 e. The van der Waals surface area contributed by atoms with Gasteiger partial charge in [-0.15, -0.1) is 0 Å². The van der Waals surface area contributed by atoms with Crippen LogP contribution in [0.2, 0.25) is 0 Å². The molecule has 0 saturated carbocycles. The summed E-state index contributed by atoms with van der Waals surface area (Å²) in [6.07, 6.45) is -0.0307.